The number of carbonyl (C=O) groups excluding carboxylic acids is 3. The van der Waals surface area contributed by atoms with Crippen molar-refractivity contribution in [1.82, 2.24) is 24.3 Å². The molecule has 0 radical (unpaired) electrons. The number of likely N-dealkylation sites (N-methyl/N-ethyl adjacent to an activating group) is 1. The molecular weight excluding hydrogens is 544 g/mol. The lowest BCUT2D eigenvalue weighted by atomic mass is 10.1. The summed E-state index contributed by atoms with van der Waals surface area (Å²) >= 11 is 6.10. The smallest absolute Gasteiger partial charge is 0.331 e. The summed E-state index contributed by atoms with van der Waals surface area (Å²) < 4.78 is 1.92. The number of fused-ring (bicyclic) bond motifs is 1. The van der Waals surface area contributed by atoms with Crippen LogP contribution in [-0.4, -0.2) is 55.7 Å². The summed E-state index contributed by atoms with van der Waals surface area (Å²) in [6.45, 7) is 0.353. The molecule has 4 heterocycles. The molecule has 2 saturated carbocycles. The quantitative estimate of drug-likeness (QED) is 0.301. The Morgan fingerprint density at radius 3 is 2.66 bits per heavy atom. The Hall–Kier alpha value is -4.51. The normalized spacial score (nSPS) is 20.1. The highest BCUT2D eigenvalue weighted by molar-refractivity contribution is 6.30. The maximum Gasteiger partial charge on any atom is 0.331 e. The van der Waals surface area contributed by atoms with Gasteiger partial charge in [0.1, 0.15) is 24.5 Å². The molecule has 11 nitrogen and oxygen atoms in total. The van der Waals surface area contributed by atoms with E-state index in [1.807, 2.05) is 47.1 Å². The van der Waals surface area contributed by atoms with Gasteiger partial charge in [-0.25, -0.2) is 19.7 Å². The Labute approximate surface area is 240 Å². The predicted octanol–water partition coefficient (Wildman–Crippen LogP) is 4.41. The fourth-order valence-corrected chi connectivity index (χ4v) is 5.57. The molecule has 208 valence electrons. The van der Waals surface area contributed by atoms with E-state index in [1.165, 1.54) is 18.3 Å². The molecule has 4 amide bonds. The highest BCUT2D eigenvalue weighted by Gasteiger charge is 2.44. The minimum absolute atomic E-state index is 0.00428. The van der Waals surface area contributed by atoms with Crippen LogP contribution in [0.2, 0.25) is 5.02 Å². The molecule has 3 aromatic heterocycles. The van der Waals surface area contributed by atoms with E-state index in [-0.39, 0.29) is 36.2 Å². The highest BCUT2D eigenvalue weighted by Crippen LogP contribution is 2.48. The van der Waals surface area contributed by atoms with Crippen molar-refractivity contribution in [2.24, 2.45) is 5.92 Å². The number of imide groups is 1. The van der Waals surface area contributed by atoms with Crippen LogP contribution in [0.25, 0.3) is 5.65 Å². The molecule has 7 rings (SSSR count). The van der Waals surface area contributed by atoms with Crippen molar-refractivity contribution >= 4 is 52.4 Å². The van der Waals surface area contributed by atoms with E-state index in [1.54, 1.807) is 6.07 Å². The number of pyridine rings is 1. The average molecular weight is 571 g/mol. The number of benzene rings is 1. The third kappa shape index (κ3) is 4.97. The number of imidazole rings is 1. The van der Waals surface area contributed by atoms with Crippen LogP contribution in [0, 0.1) is 5.92 Å². The Kier molecular flexibility index (Phi) is 6.11. The van der Waals surface area contributed by atoms with Gasteiger partial charge in [0.2, 0.25) is 11.8 Å². The van der Waals surface area contributed by atoms with E-state index in [2.05, 4.69) is 20.6 Å². The van der Waals surface area contributed by atoms with E-state index in [4.69, 9.17) is 16.6 Å². The number of hydrogen-bond acceptors (Lipinski definition) is 7. The van der Waals surface area contributed by atoms with Crippen molar-refractivity contribution in [3.8, 4) is 0 Å². The highest BCUT2D eigenvalue weighted by atomic mass is 35.5. The monoisotopic (exact) mass is 570 g/mol. The first-order valence-electron chi connectivity index (χ1n) is 13.6. The van der Waals surface area contributed by atoms with Crippen molar-refractivity contribution in [2.75, 3.05) is 29.1 Å². The summed E-state index contributed by atoms with van der Waals surface area (Å²) in [4.78, 5) is 53.7. The summed E-state index contributed by atoms with van der Waals surface area (Å²) in [5.74, 6) is 1.12. The number of urea groups is 1. The number of rotatable bonds is 8. The number of amides is 4. The third-order valence-electron chi connectivity index (χ3n) is 7.90. The van der Waals surface area contributed by atoms with E-state index < -0.39 is 0 Å². The zero-order valence-electron chi connectivity index (χ0n) is 22.2. The number of aromatic nitrogens is 4. The zero-order valence-corrected chi connectivity index (χ0v) is 23.0. The molecule has 41 heavy (non-hydrogen) atoms. The molecule has 2 atom stereocenters. The van der Waals surface area contributed by atoms with Gasteiger partial charge in [0, 0.05) is 36.4 Å². The first kappa shape index (κ1) is 25.5. The van der Waals surface area contributed by atoms with Gasteiger partial charge in [-0.1, -0.05) is 23.7 Å². The SMILES string of the molecule is CN1C(=O)CN(c2cc(C3CC3)cn3cc(CNc4cc(NC(=O)[C@H]5C[C@@H]5c5cccc(Cl)c5)ncn4)nc23)C1=O. The van der Waals surface area contributed by atoms with Crippen LogP contribution in [0.3, 0.4) is 0 Å². The lowest BCUT2D eigenvalue weighted by Gasteiger charge is -2.17. The minimum atomic E-state index is -0.354. The van der Waals surface area contributed by atoms with Gasteiger partial charge in [-0.2, -0.15) is 0 Å². The Balaban J connectivity index is 1.05. The molecule has 12 heteroatoms. The van der Waals surface area contributed by atoms with Crippen LogP contribution in [-0.2, 0) is 16.1 Å². The average Bonchev–Trinajstić information content (AvgIpc) is 3.89. The van der Waals surface area contributed by atoms with E-state index in [0.717, 1.165) is 41.0 Å². The van der Waals surface area contributed by atoms with E-state index in [0.29, 0.717) is 40.5 Å². The molecule has 1 aliphatic heterocycles. The second-order valence-electron chi connectivity index (χ2n) is 10.9. The zero-order chi connectivity index (χ0) is 28.2. The van der Waals surface area contributed by atoms with Crippen LogP contribution in [0.15, 0.2) is 55.1 Å². The Bertz CT molecular complexity index is 1720. The lowest BCUT2D eigenvalue weighted by molar-refractivity contribution is -0.124. The van der Waals surface area contributed by atoms with Gasteiger partial charge in [-0.15, -0.1) is 0 Å². The van der Waals surface area contributed by atoms with Crippen molar-refractivity contribution in [1.29, 1.82) is 0 Å². The first-order valence-corrected chi connectivity index (χ1v) is 13.9. The van der Waals surface area contributed by atoms with Crippen molar-refractivity contribution in [3.05, 3.63) is 77.0 Å². The molecule has 0 unspecified atom stereocenters. The van der Waals surface area contributed by atoms with E-state index in [9.17, 15) is 14.4 Å². The molecule has 0 bridgehead atoms. The molecule has 2 N–H and O–H groups in total. The molecule has 3 fully saturated rings. The molecule has 1 aromatic carbocycles. The van der Waals surface area contributed by atoms with Crippen LogP contribution >= 0.6 is 11.6 Å². The third-order valence-corrected chi connectivity index (χ3v) is 8.14. The lowest BCUT2D eigenvalue weighted by Crippen LogP contribution is -2.30. The molecule has 4 aromatic rings. The molecular formula is C29H27ClN8O3. The Morgan fingerprint density at radius 1 is 1.07 bits per heavy atom. The number of hydrogen-bond donors (Lipinski definition) is 2. The number of carbonyl (C=O) groups is 3. The first-order chi connectivity index (χ1) is 19.8. The largest absolute Gasteiger partial charge is 0.364 e. The maximum atomic E-state index is 12.8. The Morgan fingerprint density at radius 2 is 1.90 bits per heavy atom. The van der Waals surface area contributed by atoms with Gasteiger partial charge in [-0.05, 0) is 60.4 Å². The number of nitrogens with one attached hydrogen (secondary N) is 2. The van der Waals surface area contributed by atoms with E-state index >= 15 is 0 Å². The molecule has 3 aliphatic rings. The molecule has 0 spiro atoms. The number of halogens is 1. The van der Waals surface area contributed by atoms with Gasteiger partial charge < -0.3 is 15.0 Å². The maximum absolute atomic E-state index is 12.8. The fourth-order valence-electron chi connectivity index (χ4n) is 5.37. The summed E-state index contributed by atoms with van der Waals surface area (Å²) in [5, 5.41) is 6.81. The van der Waals surface area contributed by atoms with Crippen molar-refractivity contribution in [2.45, 2.75) is 37.6 Å². The van der Waals surface area contributed by atoms with Crippen LogP contribution < -0.4 is 15.5 Å². The summed E-state index contributed by atoms with van der Waals surface area (Å²) in [6.07, 6.45) is 8.34. The molecule has 1 saturated heterocycles. The number of nitrogens with zero attached hydrogens (tertiary/aromatic N) is 6. The second kappa shape index (κ2) is 9.84. The second-order valence-corrected chi connectivity index (χ2v) is 11.3. The van der Waals surface area contributed by atoms with Gasteiger partial charge >= 0.3 is 6.03 Å². The van der Waals surface area contributed by atoms with Gasteiger partial charge in [-0.3, -0.25) is 19.4 Å². The van der Waals surface area contributed by atoms with Crippen molar-refractivity contribution in [3.63, 3.8) is 0 Å². The predicted molar refractivity (Wildman–Crippen MR) is 153 cm³/mol. The standard InChI is InChI=1S/C29H27ClN8O3/c1-36-26(39)14-38(29(36)41)23-8-18(16-5-6-16)12-37-13-20(34-27(23)37)11-31-24-10-25(33-15-32-24)35-28(40)22-9-21(22)17-3-2-4-19(30)7-17/h2-4,7-8,10,12-13,15-16,21-22H,5-6,9,11,14H2,1H3,(H2,31,32,33,35,40)/t21-,22+/m1/s1. The minimum Gasteiger partial charge on any atom is -0.364 e. The van der Waals surface area contributed by atoms with Crippen LogP contribution in [0.4, 0.5) is 22.1 Å². The van der Waals surface area contributed by atoms with Gasteiger partial charge in [0.05, 0.1) is 17.9 Å². The fraction of sp³-hybridized carbons (Fsp3) is 0.310. The van der Waals surface area contributed by atoms with Crippen molar-refractivity contribution < 1.29 is 14.4 Å². The number of anilines is 3. The van der Waals surface area contributed by atoms with Gasteiger partial charge in [0.15, 0.2) is 5.65 Å². The summed E-state index contributed by atoms with van der Waals surface area (Å²) in [7, 11) is 1.49. The van der Waals surface area contributed by atoms with Crippen LogP contribution in [0.5, 0.6) is 0 Å². The summed E-state index contributed by atoms with van der Waals surface area (Å²) in [5.41, 5.74) is 4.17. The topological polar surface area (TPSA) is 125 Å². The van der Waals surface area contributed by atoms with Crippen LogP contribution in [0.1, 0.15) is 47.9 Å². The van der Waals surface area contributed by atoms with Gasteiger partial charge in [0.25, 0.3) is 0 Å². The summed E-state index contributed by atoms with van der Waals surface area (Å²) in [6, 6.07) is 10.9. The molecule has 2 aliphatic carbocycles.